The summed E-state index contributed by atoms with van der Waals surface area (Å²) < 4.78 is 2.31. The zero-order valence-corrected chi connectivity index (χ0v) is 10.9. The largest absolute Gasteiger partial charge is 0.326 e. The van der Waals surface area contributed by atoms with Gasteiger partial charge in [0.15, 0.2) is 0 Å². The number of nitrogens with zero attached hydrogens (tertiary/aromatic N) is 2. The van der Waals surface area contributed by atoms with Crippen molar-refractivity contribution in [2.75, 3.05) is 13.1 Å². The van der Waals surface area contributed by atoms with Crippen LogP contribution in [0.2, 0.25) is 0 Å². The number of fused-ring (bicyclic) bond motifs is 1. The molecule has 1 unspecified atom stereocenters. The highest BCUT2D eigenvalue weighted by molar-refractivity contribution is 5.76. The summed E-state index contributed by atoms with van der Waals surface area (Å²) >= 11 is 0. The molecule has 17 heavy (non-hydrogen) atoms. The maximum absolute atomic E-state index is 4.44. The van der Waals surface area contributed by atoms with E-state index in [-0.39, 0.29) is 0 Å². The lowest BCUT2D eigenvalue weighted by atomic mass is 10.2. The molecule has 1 aliphatic rings. The van der Waals surface area contributed by atoms with Crippen LogP contribution >= 0.6 is 0 Å². The predicted octanol–water partition coefficient (Wildman–Crippen LogP) is 2.91. The van der Waals surface area contributed by atoms with E-state index in [1.165, 1.54) is 17.5 Å². The molecule has 1 fully saturated rings. The van der Waals surface area contributed by atoms with Gasteiger partial charge in [-0.2, -0.15) is 0 Å². The van der Waals surface area contributed by atoms with E-state index in [2.05, 4.69) is 40.0 Å². The summed E-state index contributed by atoms with van der Waals surface area (Å²) in [7, 11) is 0. The van der Waals surface area contributed by atoms with Crippen LogP contribution in [0.5, 0.6) is 0 Å². The Morgan fingerprint density at radius 1 is 1.35 bits per heavy atom. The quantitative estimate of drug-likeness (QED) is 0.818. The van der Waals surface area contributed by atoms with Gasteiger partial charge in [-0.25, -0.2) is 4.98 Å². The first-order chi connectivity index (χ1) is 8.34. The first-order valence-corrected chi connectivity index (χ1v) is 6.48. The van der Waals surface area contributed by atoms with Crippen molar-refractivity contribution in [2.45, 2.75) is 33.2 Å². The second kappa shape index (κ2) is 5.32. The second-order valence-corrected chi connectivity index (χ2v) is 4.29. The van der Waals surface area contributed by atoms with Crippen LogP contribution in [0.1, 0.15) is 31.9 Å². The summed E-state index contributed by atoms with van der Waals surface area (Å²) in [5.41, 5.74) is 3.67. The average molecular weight is 231 g/mol. The molecule has 3 nitrogen and oxygen atoms in total. The molecule has 3 heteroatoms. The number of hydrogen-bond acceptors (Lipinski definition) is 2. The minimum Gasteiger partial charge on any atom is -0.326 e. The van der Waals surface area contributed by atoms with Gasteiger partial charge in [0.1, 0.15) is 0 Å². The summed E-state index contributed by atoms with van der Waals surface area (Å²) in [5.74, 6) is 0. The highest BCUT2D eigenvalue weighted by Gasteiger charge is 2.17. The van der Waals surface area contributed by atoms with Crippen LogP contribution in [0.4, 0.5) is 0 Å². The lowest BCUT2D eigenvalue weighted by Gasteiger charge is -2.11. The fourth-order valence-corrected chi connectivity index (χ4v) is 2.30. The minimum absolute atomic E-state index is 0.580. The topological polar surface area (TPSA) is 29.9 Å². The molecule has 0 amide bonds. The number of aromatic nitrogens is 2. The summed E-state index contributed by atoms with van der Waals surface area (Å²) in [4.78, 5) is 4.44. The van der Waals surface area contributed by atoms with E-state index in [1.54, 1.807) is 0 Å². The third-order valence-corrected chi connectivity index (χ3v) is 3.16. The molecule has 0 radical (unpaired) electrons. The van der Waals surface area contributed by atoms with Crippen molar-refractivity contribution < 1.29 is 0 Å². The van der Waals surface area contributed by atoms with E-state index in [9.17, 15) is 0 Å². The SMILES string of the molecule is CC.Cc1ccc2ncn(C3CCNC3)c2c1. The Kier molecular flexibility index (Phi) is 3.79. The Labute approximate surface area is 103 Å². The van der Waals surface area contributed by atoms with Crippen LogP contribution in [0, 0.1) is 6.92 Å². The van der Waals surface area contributed by atoms with Gasteiger partial charge in [-0.1, -0.05) is 19.9 Å². The average Bonchev–Trinajstić information content (AvgIpc) is 2.98. The van der Waals surface area contributed by atoms with Crippen LogP contribution in [0.15, 0.2) is 24.5 Å². The Morgan fingerprint density at radius 2 is 2.18 bits per heavy atom. The Hall–Kier alpha value is -1.35. The van der Waals surface area contributed by atoms with Crippen molar-refractivity contribution in [2.24, 2.45) is 0 Å². The molecule has 0 saturated carbocycles. The third-order valence-electron chi connectivity index (χ3n) is 3.16. The zero-order valence-electron chi connectivity index (χ0n) is 10.9. The lowest BCUT2D eigenvalue weighted by molar-refractivity contribution is 0.561. The van der Waals surface area contributed by atoms with E-state index in [0.29, 0.717) is 6.04 Å². The molecular weight excluding hydrogens is 210 g/mol. The highest BCUT2D eigenvalue weighted by atomic mass is 15.1. The molecule has 1 aliphatic heterocycles. The van der Waals surface area contributed by atoms with Crippen molar-refractivity contribution in [3.8, 4) is 0 Å². The van der Waals surface area contributed by atoms with Crippen LogP contribution in [-0.2, 0) is 0 Å². The van der Waals surface area contributed by atoms with Gasteiger partial charge in [-0.3, -0.25) is 0 Å². The number of benzene rings is 1. The van der Waals surface area contributed by atoms with E-state index < -0.39 is 0 Å². The lowest BCUT2D eigenvalue weighted by Crippen LogP contribution is -2.12. The summed E-state index contributed by atoms with van der Waals surface area (Å²) in [6, 6.07) is 7.02. The maximum atomic E-state index is 4.44. The van der Waals surface area contributed by atoms with Gasteiger partial charge >= 0.3 is 0 Å². The standard InChI is InChI=1S/C12H15N3.C2H6/c1-9-2-3-11-12(6-9)15(8-14-11)10-4-5-13-7-10;1-2/h2-3,6,8,10,13H,4-5,7H2,1H3;1-2H3. The monoisotopic (exact) mass is 231 g/mol. The zero-order chi connectivity index (χ0) is 12.3. The normalized spacial score (nSPS) is 19.1. The van der Waals surface area contributed by atoms with Crippen LogP contribution < -0.4 is 5.32 Å². The third kappa shape index (κ3) is 2.34. The minimum atomic E-state index is 0.580. The summed E-state index contributed by atoms with van der Waals surface area (Å²) in [5, 5.41) is 3.39. The molecule has 1 atom stereocenters. The van der Waals surface area contributed by atoms with E-state index in [0.717, 1.165) is 18.6 Å². The number of imidazole rings is 1. The number of nitrogens with one attached hydrogen (secondary N) is 1. The van der Waals surface area contributed by atoms with Crippen LogP contribution in [0.3, 0.4) is 0 Å². The molecular formula is C14H21N3. The van der Waals surface area contributed by atoms with Crippen LogP contribution in [-0.4, -0.2) is 22.6 Å². The van der Waals surface area contributed by atoms with Gasteiger partial charge in [-0.05, 0) is 37.6 Å². The van der Waals surface area contributed by atoms with Gasteiger partial charge in [-0.15, -0.1) is 0 Å². The molecule has 1 N–H and O–H groups in total. The molecule has 0 spiro atoms. The number of hydrogen-bond donors (Lipinski definition) is 1. The smallest absolute Gasteiger partial charge is 0.0961 e. The highest BCUT2D eigenvalue weighted by Crippen LogP contribution is 2.22. The van der Waals surface area contributed by atoms with Gasteiger partial charge in [0.2, 0.25) is 0 Å². The molecule has 2 heterocycles. The van der Waals surface area contributed by atoms with Crippen molar-refractivity contribution >= 4 is 11.0 Å². The van der Waals surface area contributed by atoms with Gasteiger partial charge in [0.05, 0.1) is 17.4 Å². The van der Waals surface area contributed by atoms with Crippen molar-refractivity contribution in [1.82, 2.24) is 14.9 Å². The second-order valence-electron chi connectivity index (χ2n) is 4.29. The van der Waals surface area contributed by atoms with Gasteiger partial charge in [0.25, 0.3) is 0 Å². The van der Waals surface area contributed by atoms with Crippen LogP contribution in [0.25, 0.3) is 11.0 Å². The summed E-state index contributed by atoms with van der Waals surface area (Å²) in [6.07, 6.45) is 3.18. The van der Waals surface area contributed by atoms with Gasteiger partial charge in [0, 0.05) is 12.6 Å². The fourth-order valence-electron chi connectivity index (χ4n) is 2.30. The first kappa shape index (κ1) is 12.1. The molecule has 92 valence electrons. The molecule has 1 saturated heterocycles. The Balaban J connectivity index is 0.000000514. The summed E-state index contributed by atoms with van der Waals surface area (Å²) in [6.45, 7) is 8.32. The molecule has 2 aromatic rings. The molecule has 1 aromatic carbocycles. The van der Waals surface area contributed by atoms with E-state index in [1.807, 2.05) is 20.2 Å². The van der Waals surface area contributed by atoms with Gasteiger partial charge < -0.3 is 9.88 Å². The first-order valence-electron chi connectivity index (χ1n) is 6.48. The Morgan fingerprint density at radius 3 is 2.88 bits per heavy atom. The fraction of sp³-hybridized carbons (Fsp3) is 0.500. The Bertz CT molecular complexity index is 481. The molecule has 0 bridgehead atoms. The molecule has 1 aromatic heterocycles. The van der Waals surface area contributed by atoms with E-state index >= 15 is 0 Å². The van der Waals surface area contributed by atoms with E-state index in [4.69, 9.17) is 0 Å². The number of aryl methyl sites for hydroxylation is 1. The molecule has 3 rings (SSSR count). The maximum Gasteiger partial charge on any atom is 0.0961 e. The van der Waals surface area contributed by atoms with Crippen molar-refractivity contribution in [1.29, 1.82) is 0 Å². The molecule has 0 aliphatic carbocycles. The van der Waals surface area contributed by atoms with Crippen molar-refractivity contribution in [3.05, 3.63) is 30.1 Å². The van der Waals surface area contributed by atoms with Crippen molar-refractivity contribution in [3.63, 3.8) is 0 Å². The predicted molar refractivity (Wildman–Crippen MR) is 72.3 cm³/mol. The number of rotatable bonds is 1.